The molecule has 1 aliphatic rings. The number of carbonyl (C=O) groups is 1. The van der Waals surface area contributed by atoms with Crippen LogP contribution in [0.25, 0.3) is 0 Å². The second kappa shape index (κ2) is 5.07. The van der Waals surface area contributed by atoms with Gasteiger partial charge in [0.05, 0.1) is 6.42 Å². The summed E-state index contributed by atoms with van der Waals surface area (Å²) in [4.78, 5) is 14.1. The van der Waals surface area contributed by atoms with Crippen molar-refractivity contribution in [1.82, 2.24) is 0 Å². The van der Waals surface area contributed by atoms with Gasteiger partial charge in [-0.25, -0.2) is 0 Å². The van der Waals surface area contributed by atoms with Gasteiger partial charge in [-0.15, -0.1) is 0 Å². The normalized spacial score (nSPS) is 21.0. The van der Waals surface area contributed by atoms with E-state index in [1.807, 2.05) is 0 Å². The molecular formula is C7H10N2O2Re. The topological polar surface area (TPSA) is 75.7 Å². The van der Waals surface area contributed by atoms with Gasteiger partial charge in [0.2, 0.25) is 0 Å². The predicted octanol–water partition coefficient (Wildman–Crippen LogP) is 0.00180. The second-order valence-corrected chi connectivity index (χ2v) is 2.48. The molecule has 5 heteroatoms. The first kappa shape index (κ1) is 11.3. The van der Waals surface area contributed by atoms with Crippen LogP contribution in [0.3, 0.4) is 0 Å². The molecule has 0 bridgehead atoms. The zero-order valence-electron chi connectivity index (χ0n) is 6.40. The van der Waals surface area contributed by atoms with Crippen molar-refractivity contribution in [1.29, 1.82) is 0 Å². The Balaban J connectivity index is 0.00000121. The number of amidine groups is 1. The van der Waals surface area contributed by atoms with E-state index in [2.05, 4.69) is 4.99 Å². The molecule has 1 rings (SSSR count). The maximum absolute atomic E-state index is 10.2. The number of rotatable bonds is 2. The number of dihydropyridines is 1. The number of carboxylic acid groups (broad SMARTS) is 1. The summed E-state index contributed by atoms with van der Waals surface area (Å²) >= 11 is 0. The monoisotopic (exact) mass is 341 g/mol. The van der Waals surface area contributed by atoms with Crippen molar-refractivity contribution >= 4 is 11.8 Å². The van der Waals surface area contributed by atoms with Gasteiger partial charge in [0.15, 0.2) is 0 Å². The maximum atomic E-state index is 10.2. The molecule has 0 aromatic carbocycles. The quantitative estimate of drug-likeness (QED) is 0.743. The van der Waals surface area contributed by atoms with E-state index in [4.69, 9.17) is 10.8 Å². The van der Waals surface area contributed by atoms with Gasteiger partial charge < -0.3 is 10.8 Å². The van der Waals surface area contributed by atoms with Gasteiger partial charge in [-0.3, -0.25) is 9.79 Å². The molecule has 1 aliphatic heterocycles. The SMILES string of the molecule is NC1=NCC(CC(=O)O)C=C1.[Re]. The van der Waals surface area contributed by atoms with E-state index in [0.717, 1.165) is 0 Å². The Morgan fingerprint density at radius 1 is 1.83 bits per heavy atom. The molecule has 0 spiro atoms. The van der Waals surface area contributed by atoms with Crippen molar-refractivity contribution in [3.8, 4) is 0 Å². The van der Waals surface area contributed by atoms with Crippen LogP contribution >= 0.6 is 0 Å². The Morgan fingerprint density at radius 2 is 2.50 bits per heavy atom. The number of carboxylic acids is 1. The summed E-state index contributed by atoms with van der Waals surface area (Å²) in [6.07, 6.45) is 3.57. The third kappa shape index (κ3) is 3.65. The molecule has 0 amide bonds. The summed E-state index contributed by atoms with van der Waals surface area (Å²) in [5.74, 6) is -0.304. The fourth-order valence-electron chi connectivity index (χ4n) is 0.928. The van der Waals surface area contributed by atoms with E-state index in [1.165, 1.54) is 0 Å². The molecule has 1 unspecified atom stereocenters. The first-order valence-electron chi connectivity index (χ1n) is 3.38. The molecule has 12 heavy (non-hydrogen) atoms. The average molecular weight is 340 g/mol. The summed E-state index contributed by atoms with van der Waals surface area (Å²) in [5, 5.41) is 8.42. The molecular weight excluding hydrogens is 330 g/mol. The summed E-state index contributed by atoms with van der Waals surface area (Å²) in [7, 11) is 0. The Labute approximate surface area is 84.2 Å². The smallest absolute Gasteiger partial charge is 0.304 e. The molecule has 1 atom stereocenters. The van der Waals surface area contributed by atoms with Crippen LogP contribution in [-0.4, -0.2) is 23.5 Å². The van der Waals surface area contributed by atoms with Crippen LogP contribution < -0.4 is 5.73 Å². The Hall–Kier alpha value is -0.658. The fraction of sp³-hybridized carbons (Fsp3) is 0.429. The second-order valence-electron chi connectivity index (χ2n) is 2.48. The molecule has 0 fully saturated rings. The van der Waals surface area contributed by atoms with Gasteiger partial charge in [0.1, 0.15) is 5.84 Å². The van der Waals surface area contributed by atoms with Crippen molar-refractivity contribution in [3.63, 3.8) is 0 Å². The summed E-state index contributed by atoms with van der Waals surface area (Å²) in [6.45, 7) is 0.495. The minimum Gasteiger partial charge on any atom is -0.481 e. The average Bonchev–Trinajstić information content (AvgIpc) is 1.93. The summed E-state index contributed by atoms with van der Waals surface area (Å²) < 4.78 is 0. The number of aliphatic imine (C=N–C) groups is 1. The third-order valence-corrected chi connectivity index (χ3v) is 1.48. The molecule has 0 saturated carbocycles. The van der Waals surface area contributed by atoms with Crippen molar-refractivity contribution in [2.24, 2.45) is 16.6 Å². The number of hydrogen-bond donors (Lipinski definition) is 2. The van der Waals surface area contributed by atoms with E-state index in [9.17, 15) is 4.79 Å². The van der Waals surface area contributed by atoms with Crippen LogP contribution in [0.15, 0.2) is 17.1 Å². The number of aliphatic carboxylic acids is 1. The van der Waals surface area contributed by atoms with Gasteiger partial charge in [-0.1, -0.05) is 6.08 Å². The molecule has 67 valence electrons. The van der Waals surface area contributed by atoms with Crippen molar-refractivity contribution in [2.75, 3.05) is 6.54 Å². The number of nitrogens with zero attached hydrogens (tertiary/aromatic N) is 1. The summed E-state index contributed by atoms with van der Waals surface area (Å²) in [5.41, 5.74) is 5.34. The van der Waals surface area contributed by atoms with Gasteiger partial charge >= 0.3 is 5.97 Å². The Morgan fingerprint density at radius 3 is 2.92 bits per heavy atom. The van der Waals surface area contributed by atoms with E-state index in [0.29, 0.717) is 12.4 Å². The Bertz CT molecular complexity index is 225. The molecule has 0 aromatic rings. The molecule has 0 saturated heterocycles. The van der Waals surface area contributed by atoms with E-state index >= 15 is 0 Å². The molecule has 1 heterocycles. The molecule has 0 aromatic heterocycles. The van der Waals surface area contributed by atoms with Crippen molar-refractivity contribution in [2.45, 2.75) is 6.42 Å². The first-order valence-corrected chi connectivity index (χ1v) is 3.38. The minimum atomic E-state index is -0.796. The molecule has 4 nitrogen and oxygen atoms in total. The molecule has 1 radical (unpaired) electrons. The van der Waals surface area contributed by atoms with Gasteiger partial charge in [0.25, 0.3) is 0 Å². The van der Waals surface area contributed by atoms with Crippen LogP contribution in [-0.2, 0) is 25.2 Å². The maximum Gasteiger partial charge on any atom is 0.304 e. The van der Waals surface area contributed by atoms with Crippen LogP contribution in [0.1, 0.15) is 6.42 Å². The van der Waals surface area contributed by atoms with Crippen LogP contribution in [0.4, 0.5) is 0 Å². The van der Waals surface area contributed by atoms with Crippen molar-refractivity contribution < 1.29 is 30.3 Å². The fourth-order valence-corrected chi connectivity index (χ4v) is 0.928. The largest absolute Gasteiger partial charge is 0.481 e. The molecule has 3 N–H and O–H groups in total. The van der Waals surface area contributed by atoms with Crippen molar-refractivity contribution in [3.05, 3.63) is 12.2 Å². The molecule has 0 aliphatic carbocycles. The van der Waals surface area contributed by atoms with E-state index < -0.39 is 5.97 Å². The van der Waals surface area contributed by atoms with Gasteiger partial charge in [0, 0.05) is 32.9 Å². The van der Waals surface area contributed by atoms with Crippen LogP contribution in [0.5, 0.6) is 0 Å². The Kier molecular flexibility index (Phi) is 4.79. The standard InChI is InChI=1S/C7H10N2O2.Re/c8-6-2-1-5(4-9-6)3-7(10)11;/h1-2,5H,3-4H2,(H2,8,9)(H,10,11);. The van der Waals surface area contributed by atoms with E-state index in [1.54, 1.807) is 12.2 Å². The van der Waals surface area contributed by atoms with Gasteiger partial charge in [-0.2, -0.15) is 0 Å². The zero-order chi connectivity index (χ0) is 8.27. The number of nitrogens with two attached hydrogens (primary N) is 1. The predicted molar refractivity (Wildman–Crippen MR) is 41.4 cm³/mol. The number of hydrogen-bond acceptors (Lipinski definition) is 3. The van der Waals surface area contributed by atoms with Crippen LogP contribution in [0, 0.1) is 5.92 Å². The minimum absolute atomic E-state index is 0. The third-order valence-electron chi connectivity index (χ3n) is 1.48. The van der Waals surface area contributed by atoms with E-state index in [-0.39, 0.29) is 32.8 Å². The summed E-state index contributed by atoms with van der Waals surface area (Å²) in [6, 6.07) is 0. The van der Waals surface area contributed by atoms with Gasteiger partial charge in [-0.05, 0) is 6.08 Å². The van der Waals surface area contributed by atoms with Crippen LogP contribution in [0.2, 0.25) is 0 Å². The first-order chi connectivity index (χ1) is 5.18. The zero-order valence-corrected chi connectivity index (χ0v) is 9.12.